The third kappa shape index (κ3) is 3.07. The van der Waals surface area contributed by atoms with Crippen molar-refractivity contribution in [2.45, 2.75) is 13.0 Å². The maximum atomic E-state index is 10.9. The molecule has 0 fully saturated rings. The zero-order valence-electron chi connectivity index (χ0n) is 11.3. The molecule has 1 aliphatic heterocycles. The topological polar surface area (TPSA) is 88.6 Å². The van der Waals surface area contributed by atoms with Gasteiger partial charge in [-0.2, -0.15) is 5.10 Å². The van der Waals surface area contributed by atoms with Crippen LogP contribution >= 0.6 is 0 Å². The van der Waals surface area contributed by atoms with Crippen molar-refractivity contribution < 1.29 is 19.0 Å². The van der Waals surface area contributed by atoms with Crippen molar-refractivity contribution >= 4 is 5.91 Å². The molecule has 7 heteroatoms. The Morgan fingerprint density at radius 3 is 3.05 bits per heavy atom. The van der Waals surface area contributed by atoms with Gasteiger partial charge < -0.3 is 19.9 Å². The number of ether oxygens (including phenoxy) is 3. The van der Waals surface area contributed by atoms with Crippen molar-refractivity contribution in [1.82, 2.24) is 9.78 Å². The summed E-state index contributed by atoms with van der Waals surface area (Å²) in [6.45, 7) is 1.43. The highest BCUT2D eigenvalue weighted by Crippen LogP contribution is 2.35. The Hall–Kier alpha value is -2.70. The van der Waals surface area contributed by atoms with Gasteiger partial charge in [-0.3, -0.25) is 9.48 Å². The van der Waals surface area contributed by atoms with Crippen LogP contribution in [0.15, 0.2) is 30.6 Å². The zero-order valence-corrected chi connectivity index (χ0v) is 11.3. The molecule has 0 atom stereocenters. The maximum absolute atomic E-state index is 10.9. The molecule has 1 aliphatic rings. The van der Waals surface area contributed by atoms with Gasteiger partial charge in [-0.15, -0.1) is 0 Å². The number of carbonyl (C=O) groups excluding carboxylic acids is 1. The molecule has 0 saturated carbocycles. The van der Waals surface area contributed by atoms with Gasteiger partial charge in [0.1, 0.15) is 5.75 Å². The molecule has 0 radical (unpaired) electrons. The number of amides is 1. The monoisotopic (exact) mass is 289 g/mol. The minimum Gasteiger partial charge on any atom is -0.493 e. The number of hydrogen-bond acceptors (Lipinski definition) is 5. The lowest BCUT2D eigenvalue weighted by atomic mass is 10.3. The summed E-state index contributed by atoms with van der Waals surface area (Å²) in [6, 6.07) is 5.47. The van der Waals surface area contributed by atoms with Crippen LogP contribution in [0.3, 0.4) is 0 Å². The van der Waals surface area contributed by atoms with Crippen molar-refractivity contribution in [3.8, 4) is 17.2 Å². The summed E-state index contributed by atoms with van der Waals surface area (Å²) in [7, 11) is 0. The predicted molar refractivity (Wildman–Crippen MR) is 73.4 cm³/mol. The van der Waals surface area contributed by atoms with Crippen LogP contribution in [-0.4, -0.2) is 29.1 Å². The minimum atomic E-state index is -0.474. The van der Waals surface area contributed by atoms with E-state index in [-0.39, 0.29) is 6.79 Å². The molecule has 1 aromatic heterocycles. The van der Waals surface area contributed by atoms with Crippen molar-refractivity contribution in [3.63, 3.8) is 0 Å². The normalized spacial score (nSPS) is 12.4. The number of nitrogens with two attached hydrogens (primary N) is 1. The first-order chi connectivity index (χ1) is 10.2. The lowest BCUT2D eigenvalue weighted by Gasteiger charge is -2.07. The highest BCUT2D eigenvalue weighted by Gasteiger charge is 2.13. The fourth-order valence-corrected chi connectivity index (χ4v) is 2.00. The van der Waals surface area contributed by atoms with Gasteiger partial charge >= 0.3 is 0 Å². The number of aryl methyl sites for hydroxylation is 1. The SMILES string of the molecule is NC(=O)c1cnn(CCCOc2ccc3c(c2)OCO3)c1. The van der Waals surface area contributed by atoms with Crippen LogP contribution in [0.5, 0.6) is 17.2 Å². The Bertz CT molecular complexity index is 653. The quantitative estimate of drug-likeness (QED) is 0.807. The average Bonchev–Trinajstić information content (AvgIpc) is 3.12. The number of benzene rings is 1. The molecule has 0 bridgehead atoms. The Morgan fingerprint density at radius 1 is 1.38 bits per heavy atom. The summed E-state index contributed by atoms with van der Waals surface area (Å²) in [4.78, 5) is 10.9. The highest BCUT2D eigenvalue weighted by atomic mass is 16.7. The number of hydrogen-bond donors (Lipinski definition) is 1. The second-order valence-corrected chi connectivity index (χ2v) is 4.57. The lowest BCUT2D eigenvalue weighted by Crippen LogP contribution is -2.10. The maximum Gasteiger partial charge on any atom is 0.251 e. The number of primary amides is 1. The summed E-state index contributed by atoms with van der Waals surface area (Å²) >= 11 is 0. The van der Waals surface area contributed by atoms with Crippen LogP contribution in [0.2, 0.25) is 0 Å². The van der Waals surface area contributed by atoms with Crippen molar-refractivity contribution in [2.75, 3.05) is 13.4 Å². The number of fused-ring (bicyclic) bond motifs is 1. The largest absolute Gasteiger partial charge is 0.493 e. The molecule has 2 N–H and O–H groups in total. The molecule has 3 rings (SSSR count). The zero-order chi connectivity index (χ0) is 14.7. The highest BCUT2D eigenvalue weighted by molar-refractivity contribution is 5.92. The molecule has 0 spiro atoms. The molecule has 2 heterocycles. The predicted octanol–water partition coefficient (Wildman–Crippen LogP) is 1.18. The van der Waals surface area contributed by atoms with E-state index in [1.165, 1.54) is 6.20 Å². The molecule has 21 heavy (non-hydrogen) atoms. The van der Waals surface area contributed by atoms with E-state index in [1.807, 2.05) is 12.1 Å². The van der Waals surface area contributed by atoms with Crippen LogP contribution in [0.4, 0.5) is 0 Å². The van der Waals surface area contributed by atoms with Gasteiger partial charge in [-0.25, -0.2) is 0 Å². The Balaban J connectivity index is 1.46. The molecular weight excluding hydrogens is 274 g/mol. The first-order valence-electron chi connectivity index (χ1n) is 6.57. The van der Waals surface area contributed by atoms with Gasteiger partial charge in [0.2, 0.25) is 6.79 Å². The van der Waals surface area contributed by atoms with E-state index in [0.29, 0.717) is 24.5 Å². The van der Waals surface area contributed by atoms with Crippen molar-refractivity contribution in [1.29, 1.82) is 0 Å². The Morgan fingerprint density at radius 2 is 2.24 bits per heavy atom. The molecule has 7 nitrogen and oxygen atoms in total. The smallest absolute Gasteiger partial charge is 0.251 e. The lowest BCUT2D eigenvalue weighted by molar-refractivity contribution is 0.1000. The fourth-order valence-electron chi connectivity index (χ4n) is 2.00. The molecule has 1 aromatic carbocycles. The van der Waals surface area contributed by atoms with Gasteiger partial charge in [-0.05, 0) is 12.1 Å². The summed E-state index contributed by atoms with van der Waals surface area (Å²) in [5, 5.41) is 4.05. The van der Waals surface area contributed by atoms with Crippen LogP contribution in [-0.2, 0) is 6.54 Å². The van der Waals surface area contributed by atoms with Gasteiger partial charge in [0.25, 0.3) is 5.91 Å². The van der Waals surface area contributed by atoms with Crippen LogP contribution in [0, 0.1) is 0 Å². The summed E-state index contributed by atoms with van der Waals surface area (Å²) in [5.74, 6) is 1.69. The van der Waals surface area contributed by atoms with E-state index in [4.69, 9.17) is 19.9 Å². The van der Waals surface area contributed by atoms with Crippen LogP contribution in [0.1, 0.15) is 16.8 Å². The third-order valence-corrected chi connectivity index (χ3v) is 3.06. The minimum absolute atomic E-state index is 0.250. The van der Waals surface area contributed by atoms with Crippen LogP contribution in [0.25, 0.3) is 0 Å². The Labute approximate surface area is 121 Å². The average molecular weight is 289 g/mol. The first kappa shape index (κ1) is 13.3. The Kier molecular flexibility index (Phi) is 3.63. The summed E-state index contributed by atoms with van der Waals surface area (Å²) < 4.78 is 17.8. The second kappa shape index (κ2) is 5.74. The third-order valence-electron chi connectivity index (χ3n) is 3.06. The molecule has 0 saturated heterocycles. The fraction of sp³-hybridized carbons (Fsp3) is 0.286. The number of aromatic nitrogens is 2. The second-order valence-electron chi connectivity index (χ2n) is 4.57. The van der Waals surface area contributed by atoms with E-state index in [2.05, 4.69) is 5.10 Å². The van der Waals surface area contributed by atoms with E-state index in [9.17, 15) is 4.79 Å². The van der Waals surface area contributed by atoms with E-state index in [1.54, 1.807) is 16.9 Å². The molecule has 110 valence electrons. The van der Waals surface area contributed by atoms with Crippen molar-refractivity contribution in [2.24, 2.45) is 5.73 Å². The molecule has 0 aliphatic carbocycles. The molecule has 0 unspecified atom stereocenters. The first-order valence-corrected chi connectivity index (χ1v) is 6.57. The van der Waals surface area contributed by atoms with Gasteiger partial charge in [0, 0.05) is 25.2 Å². The number of nitrogens with zero attached hydrogens (tertiary/aromatic N) is 2. The van der Waals surface area contributed by atoms with Crippen LogP contribution < -0.4 is 19.9 Å². The standard InChI is InChI=1S/C14H15N3O4/c15-14(18)10-7-16-17(8-10)4-1-5-19-11-2-3-12-13(6-11)21-9-20-12/h2-3,6-8H,1,4-5,9H2,(H2,15,18). The molecule has 2 aromatic rings. The van der Waals surface area contributed by atoms with Crippen molar-refractivity contribution in [3.05, 3.63) is 36.2 Å². The van der Waals surface area contributed by atoms with E-state index >= 15 is 0 Å². The summed E-state index contributed by atoms with van der Waals surface area (Å²) in [5.41, 5.74) is 5.57. The number of carbonyl (C=O) groups is 1. The molecule has 1 amide bonds. The van der Waals surface area contributed by atoms with E-state index in [0.717, 1.165) is 17.9 Å². The molecular formula is C14H15N3O4. The summed E-state index contributed by atoms with van der Waals surface area (Å²) in [6.07, 6.45) is 3.85. The van der Waals surface area contributed by atoms with Gasteiger partial charge in [0.05, 0.1) is 18.4 Å². The van der Waals surface area contributed by atoms with E-state index < -0.39 is 5.91 Å². The van der Waals surface area contributed by atoms with Gasteiger partial charge in [0.15, 0.2) is 11.5 Å². The number of rotatable bonds is 6. The van der Waals surface area contributed by atoms with Gasteiger partial charge in [-0.1, -0.05) is 0 Å².